The number of nitrogens with zero attached hydrogens (tertiary/aromatic N) is 1. The number of hydrogen-bond acceptors (Lipinski definition) is 3. The Balaban J connectivity index is 1.60. The molecule has 0 saturated heterocycles. The second-order valence-corrected chi connectivity index (χ2v) is 9.97. The summed E-state index contributed by atoms with van der Waals surface area (Å²) in [7, 11) is 0. The third-order valence-electron chi connectivity index (χ3n) is 8.66. The molecule has 1 aliphatic heterocycles. The van der Waals surface area contributed by atoms with E-state index < -0.39 is 5.60 Å². The summed E-state index contributed by atoms with van der Waals surface area (Å²) < 4.78 is 6.23. The molecular formula is C26H31NO2. The van der Waals surface area contributed by atoms with Gasteiger partial charge in [-0.05, 0) is 41.7 Å². The van der Waals surface area contributed by atoms with Crippen LogP contribution in [0.3, 0.4) is 0 Å². The lowest BCUT2D eigenvalue weighted by Crippen LogP contribution is -2.53. The van der Waals surface area contributed by atoms with E-state index in [4.69, 9.17) is 9.73 Å². The van der Waals surface area contributed by atoms with Crippen molar-refractivity contribution in [3.63, 3.8) is 0 Å². The molecule has 0 radical (unpaired) electrons. The van der Waals surface area contributed by atoms with E-state index in [1.54, 1.807) is 0 Å². The molecule has 2 aromatic rings. The Morgan fingerprint density at radius 2 is 1.66 bits per heavy atom. The van der Waals surface area contributed by atoms with Gasteiger partial charge in [-0.25, -0.2) is 4.99 Å². The number of fused-ring (bicyclic) bond motifs is 2. The van der Waals surface area contributed by atoms with Crippen molar-refractivity contribution in [3.8, 4) is 0 Å². The summed E-state index contributed by atoms with van der Waals surface area (Å²) in [6, 6.07) is 20.7. The fraction of sp³-hybridized carbons (Fsp3) is 0.500. The average Bonchev–Trinajstić information content (AvgIpc) is 3.33. The Labute approximate surface area is 173 Å². The number of ether oxygens (including phenoxy) is 1. The summed E-state index contributed by atoms with van der Waals surface area (Å²) in [6.45, 7) is 7.52. The smallest absolute Gasteiger partial charge is 0.194 e. The molecule has 2 aliphatic carbocycles. The molecule has 152 valence electrons. The monoisotopic (exact) mass is 389 g/mol. The van der Waals surface area contributed by atoms with Gasteiger partial charge in [0, 0.05) is 5.41 Å². The molecule has 3 heteroatoms. The summed E-state index contributed by atoms with van der Waals surface area (Å²) >= 11 is 0. The van der Waals surface area contributed by atoms with Gasteiger partial charge in [0.1, 0.15) is 12.6 Å². The first-order chi connectivity index (χ1) is 13.9. The molecule has 3 aliphatic rings. The Morgan fingerprint density at radius 1 is 1.00 bits per heavy atom. The first-order valence-corrected chi connectivity index (χ1v) is 10.9. The highest BCUT2D eigenvalue weighted by atomic mass is 16.5. The summed E-state index contributed by atoms with van der Waals surface area (Å²) in [5, 5.41) is 12.3. The van der Waals surface area contributed by atoms with Crippen molar-refractivity contribution in [1.82, 2.24) is 0 Å². The van der Waals surface area contributed by atoms with E-state index in [-0.39, 0.29) is 22.8 Å². The van der Waals surface area contributed by atoms with Gasteiger partial charge in [0.05, 0.1) is 11.5 Å². The highest BCUT2D eigenvalue weighted by Gasteiger charge is 2.71. The predicted octanol–water partition coefficient (Wildman–Crippen LogP) is 5.52. The van der Waals surface area contributed by atoms with E-state index in [0.29, 0.717) is 18.4 Å². The molecule has 0 spiro atoms. The van der Waals surface area contributed by atoms with Crippen LogP contribution < -0.4 is 0 Å². The molecule has 1 heterocycles. The molecule has 2 bridgehead atoms. The molecule has 0 aromatic heterocycles. The van der Waals surface area contributed by atoms with Crippen molar-refractivity contribution in [2.75, 3.05) is 6.61 Å². The molecule has 29 heavy (non-hydrogen) atoms. The van der Waals surface area contributed by atoms with Crippen LogP contribution in [0, 0.1) is 16.7 Å². The molecule has 2 saturated carbocycles. The van der Waals surface area contributed by atoms with E-state index in [1.807, 2.05) is 24.3 Å². The molecular weight excluding hydrogens is 358 g/mol. The number of aliphatic imine (C=N–C) groups is 1. The molecule has 5 rings (SSSR count). The lowest BCUT2D eigenvalue weighted by Gasteiger charge is -2.49. The Hall–Kier alpha value is -2.13. The second-order valence-electron chi connectivity index (χ2n) is 9.97. The number of aliphatic hydroxyl groups is 1. The maximum atomic E-state index is 12.3. The summed E-state index contributed by atoms with van der Waals surface area (Å²) in [5.41, 5.74) is 1.35. The highest BCUT2D eigenvalue weighted by Crippen LogP contribution is 2.72. The molecule has 3 nitrogen and oxygen atoms in total. The van der Waals surface area contributed by atoms with Gasteiger partial charge in [-0.15, -0.1) is 0 Å². The SMILES string of the molecule is CC1(C)[C@@H]2CC[C@@]1(C)[C@](O)([C@H](C1=N[C@H](c3ccccc3)CO1)c1ccccc1)C2. The van der Waals surface area contributed by atoms with E-state index in [9.17, 15) is 5.11 Å². The quantitative estimate of drug-likeness (QED) is 0.748. The standard InChI is InChI=1S/C26H31NO2/c1-24(2)20-14-15-25(24,3)26(28,16-20)22(19-12-8-5-9-13-19)23-27-21(17-29-23)18-10-6-4-7-11-18/h4-13,20-22,28H,14-17H2,1-3H3/t20-,21+,22+,25-,26-/m1/s1. The summed E-state index contributed by atoms with van der Waals surface area (Å²) in [5.74, 6) is 1.01. The minimum Gasteiger partial charge on any atom is -0.478 e. The molecule has 0 amide bonds. The molecule has 1 N–H and O–H groups in total. The molecule has 2 fully saturated rings. The van der Waals surface area contributed by atoms with E-state index >= 15 is 0 Å². The fourth-order valence-electron chi connectivity index (χ4n) is 6.43. The van der Waals surface area contributed by atoms with Crippen LogP contribution in [0.25, 0.3) is 0 Å². The van der Waals surface area contributed by atoms with Crippen LogP contribution in [-0.2, 0) is 4.74 Å². The van der Waals surface area contributed by atoms with Crippen LogP contribution in [0.4, 0.5) is 0 Å². The Kier molecular flexibility index (Phi) is 4.19. The van der Waals surface area contributed by atoms with Gasteiger partial charge in [-0.3, -0.25) is 0 Å². The highest BCUT2D eigenvalue weighted by molar-refractivity contribution is 5.87. The lowest BCUT2D eigenvalue weighted by atomic mass is 9.59. The number of hydrogen-bond donors (Lipinski definition) is 1. The third kappa shape index (κ3) is 2.56. The first-order valence-electron chi connectivity index (χ1n) is 10.9. The fourth-order valence-corrected chi connectivity index (χ4v) is 6.43. The third-order valence-corrected chi connectivity index (χ3v) is 8.66. The topological polar surface area (TPSA) is 41.8 Å². The summed E-state index contributed by atoms with van der Waals surface area (Å²) in [4.78, 5) is 5.02. The lowest BCUT2D eigenvalue weighted by molar-refractivity contribution is -0.0979. The van der Waals surface area contributed by atoms with Crippen molar-refractivity contribution in [3.05, 3.63) is 71.8 Å². The van der Waals surface area contributed by atoms with E-state index in [1.165, 1.54) is 12.0 Å². The van der Waals surface area contributed by atoms with Gasteiger partial charge in [-0.1, -0.05) is 81.4 Å². The summed E-state index contributed by atoms with van der Waals surface area (Å²) in [6.07, 6.45) is 3.07. The van der Waals surface area contributed by atoms with Crippen LogP contribution in [0.15, 0.2) is 65.7 Å². The van der Waals surface area contributed by atoms with Gasteiger partial charge >= 0.3 is 0 Å². The zero-order valence-electron chi connectivity index (χ0n) is 17.6. The van der Waals surface area contributed by atoms with Crippen molar-refractivity contribution in [2.45, 2.75) is 57.6 Å². The van der Waals surface area contributed by atoms with E-state index in [0.717, 1.165) is 18.4 Å². The van der Waals surface area contributed by atoms with Gasteiger partial charge < -0.3 is 9.84 Å². The Bertz CT molecular complexity index is 922. The maximum absolute atomic E-state index is 12.3. The zero-order valence-corrected chi connectivity index (χ0v) is 17.6. The first kappa shape index (κ1) is 18.9. The Morgan fingerprint density at radius 3 is 2.24 bits per heavy atom. The van der Waals surface area contributed by atoms with Crippen LogP contribution >= 0.6 is 0 Å². The molecule has 2 aromatic carbocycles. The van der Waals surface area contributed by atoms with Crippen molar-refractivity contribution in [1.29, 1.82) is 0 Å². The largest absolute Gasteiger partial charge is 0.478 e. The minimum absolute atomic E-state index is 0.000388. The van der Waals surface area contributed by atoms with Gasteiger partial charge in [0.15, 0.2) is 5.90 Å². The average molecular weight is 390 g/mol. The van der Waals surface area contributed by atoms with Gasteiger partial charge in [0.25, 0.3) is 0 Å². The van der Waals surface area contributed by atoms with Crippen molar-refractivity contribution < 1.29 is 9.84 Å². The van der Waals surface area contributed by atoms with E-state index in [2.05, 4.69) is 57.2 Å². The van der Waals surface area contributed by atoms with Crippen LogP contribution in [-0.4, -0.2) is 23.2 Å². The number of rotatable bonds is 4. The van der Waals surface area contributed by atoms with Gasteiger partial charge in [-0.2, -0.15) is 0 Å². The van der Waals surface area contributed by atoms with Crippen LogP contribution in [0.2, 0.25) is 0 Å². The number of benzene rings is 2. The van der Waals surface area contributed by atoms with Crippen LogP contribution in [0.1, 0.15) is 63.1 Å². The minimum atomic E-state index is -0.856. The molecule has 5 atom stereocenters. The second kappa shape index (κ2) is 6.43. The normalized spacial score (nSPS) is 35.9. The van der Waals surface area contributed by atoms with Crippen molar-refractivity contribution >= 4 is 5.90 Å². The van der Waals surface area contributed by atoms with Crippen molar-refractivity contribution in [2.24, 2.45) is 21.7 Å². The van der Waals surface area contributed by atoms with Crippen LogP contribution in [0.5, 0.6) is 0 Å². The van der Waals surface area contributed by atoms with Gasteiger partial charge in [0.2, 0.25) is 0 Å². The molecule has 0 unspecified atom stereocenters. The predicted molar refractivity (Wildman–Crippen MR) is 116 cm³/mol. The maximum Gasteiger partial charge on any atom is 0.194 e. The zero-order chi connectivity index (χ0) is 20.3.